The Kier molecular flexibility index (Phi) is 7.04. The van der Waals surface area contributed by atoms with Crippen LogP contribution in [0.1, 0.15) is 24.1 Å². The number of carbonyl (C=O) groups excluding carboxylic acids is 2. The van der Waals surface area contributed by atoms with E-state index in [9.17, 15) is 18.0 Å². The number of hydrogen-bond donors (Lipinski definition) is 1. The van der Waals surface area contributed by atoms with Crippen LogP contribution in [0.3, 0.4) is 0 Å². The van der Waals surface area contributed by atoms with Crippen LogP contribution >= 0.6 is 0 Å². The van der Waals surface area contributed by atoms with E-state index in [-0.39, 0.29) is 17.3 Å². The molecule has 1 amide bonds. The Morgan fingerprint density at radius 1 is 0.871 bits per heavy atom. The molecule has 0 saturated heterocycles. The summed E-state index contributed by atoms with van der Waals surface area (Å²) in [6, 6.07) is 21.7. The van der Waals surface area contributed by atoms with Crippen molar-refractivity contribution in [2.24, 2.45) is 0 Å². The molecule has 0 heterocycles. The summed E-state index contributed by atoms with van der Waals surface area (Å²) in [6.45, 7) is 1.35. The summed E-state index contributed by atoms with van der Waals surface area (Å²) < 4.78 is 35.2. The zero-order chi connectivity index (χ0) is 22.3. The van der Waals surface area contributed by atoms with Gasteiger partial charge in [0.2, 0.25) is 5.91 Å². The lowest BCUT2D eigenvalue weighted by atomic mass is 10.1. The first kappa shape index (κ1) is 22.0. The van der Waals surface area contributed by atoms with Crippen molar-refractivity contribution in [2.75, 3.05) is 0 Å². The van der Waals surface area contributed by atoms with Gasteiger partial charge in [0, 0.05) is 6.92 Å². The lowest BCUT2D eigenvalue weighted by Gasteiger charge is -2.17. The molecular formula is C23H21NO6S. The lowest BCUT2D eigenvalue weighted by molar-refractivity contribution is -0.149. The minimum absolute atomic E-state index is 0.0275. The fourth-order valence-electron chi connectivity index (χ4n) is 2.77. The fourth-order valence-corrected chi connectivity index (χ4v) is 3.72. The van der Waals surface area contributed by atoms with Crippen LogP contribution in [0.25, 0.3) is 0 Å². The Hall–Kier alpha value is -3.65. The SMILES string of the molecule is CC(=O)NC(C(=O)OCc1ccccc1)c1ccc(OS(=O)(=O)c2ccccc2)cc1. The first-order valence-corrected chi connectivity index (χ1v) is 10.8. The number of nitrogens with one attached hydrogen (secondary N) is 1. The van der Waals surface area contributed by atoms with Crippen LogP contribution in [-0.2, 0) is 31.1 Å². The molecule has 8 heteroatoms. The molecule has 7 nitrogen and oxygen atoms in total. The maximum absolute atomic E-state index is 12.6. The number of hydrogen-bond acceptors (Lipinski definition) is 6. The third-order valence-electron chi connectivity index (χ3n) is 4.26. The topological polar surface area (TPSA) is 98.8 Å². The molecular weight excluding hydrogens is 418 g/mol. The summed E-state index contributed by atoms with van der Waals surface area (Å²) >= 11 is 0. The minimum atomic E-state index is -3.98. The van der Waals surface area contributed by atoms with Crippen molar-refractivity contribution >= 4 is 22.0 Å². The van der Waals surface area contributed by atoms with Gasteiger partial charge >= 0.3 is 16.1 Å². The van der Waals surface area contributed by atoms with Gasteiger partial charge in [-0.05, 0) is 35.4 Å². The maximum atomic E-state index is 12.6. The van der Waals surface area contributed by atoms with Crippen molar-refractivity contribution in [3.05, 3.63) is 96.1 Å². The van der Waals surface area contributed by atoms with Crippen LogP contribution in [-0.4, -0.2) is 20.3 Å². The Morgan fingerprint density at radius 2 is 1.45 bits per heavy atom. The average molecular weight is 439 g/mol. The van der Waals surface area contributed by atoms with Crippen molar-refractivity contribution in [3.63, 3.8) is 0 Å². The molecule has 1 unspecified atom stereocenters. The molecule has 0 spiro atoms. The van der Waals surface area contributed by atoms with E-state index in [4.69, 9.17) is 8.92 Å². The summed E-state index contributed by atoms with van der Waals surface area (Å²) in [4.78, 5) is 24.2. The quantitative estimate of drug-likeness (QED) is 0.427. The maximum Gasteiger partial charge on any atom is 0.339 e. The highest BCUT2D eigenvalue weighted by Gasteiger charge is 2.24. The summed E-state index contributed by atoms with van der Waals surface area (Å²) in [5.74, 6) is -0.967. The fraction of sp³-hybridized carbons (Fsp3) is 0.130. The highest BCUT2D eigenvalue weighted by Crippen LogP contribution is 2.23. The van der Waals surface area contributed by atoms with E-state index >= 15 is 0 Å². The van der Waals surface area contributed by atoms with E-state index < -0.39 is 28.0 Å². The van der Waals surface area contributed by atoms with Gasteiger partial charge in [0.05, 0.1) is 0 Å². The summed E-state index contributed by atoms with van der Waals surface area (Å²) in [5.41, 5.74) is 1.24. The van der Waals surface area contributed by atoms with E-state index in [1.165, 1.54) is 43.3 Å². The van der Waals surface area contributed by atoms with Crippen molar-refractivity contribution < 1.29 is 26.9 Å². The molecule has 0 aliphatic rings. The molecule has 3 aromatic rings. The number of amides is 1. The van der Waals surface area contributed by atoms with Crippen LogP contribution in [0.4, 0.5) is 0 Å². The summed E-state index contributed by atoms with van der Waals surface area (Å²) in [5, 5.41) is 2.55. The second-order valence-corrected chi connectivity index (χ2v) is 8.19. The second-order valence-electron chi connectivity index (χ2n) is 6.65. The van der Waals surface area contributed by atoms with Gasteiger partial charge in [-0.25, -0.2) is 4.79 Å². The molecule has 31 heavy (non-hydrogen) atoms. The van der Waals surface area contributed by atoms with E-state index in [1.807, 2.05) is 30.3 Å². The van der Waals surface area contributed by atoms with E-state index in [0.29, 0.717) is 5.56 Å². The van der Waals surface area contributed by atoms with Gasteiger partial charge < -0.3 is 14.2 Å². The monoisotopic (exact) mass is 439 g/mol. The normalized spacial score (nSPS) is 11.9. The largest absolute Gasteiger partial charge is 0.459 e. The third-order valence-corrected chi connectivity index (χ3v) is 5.52. The second kappa shape index (κ2) is 9.90. The van der Waals surface area contributed by atoms with Crippen LogP contribution in [0.2, 0.25) is 0 Å². The molecule has 3 rings (SSSR count). The van der Waals surface area contributed by atoms with Crippen LogP contribution in [0.15, 0.2) is 89.8 Å². The molecule has 0 radical (unpaired) electrons. The zero-order valence-corrected chi connectivity index (χ0v) is 17.5. The first-order chi connectivity index (χ1) is 14.8. The number of ether oxygens (including phenoxy) is 1. The third kappa shape index (κ3) is 6.16. The number of carbonyl (C=O) groups is 2. The molecule has 0 aliphatic heterocycles. The molecule has 0 bridgehead atoms. The molecule has 0 saturated carbocycles. The standard InChI is InChI=1S/C23H21NO6S/c1-17(25)24-22(23(26)29-16-18-8-4-2-5-9-18)19-12-14-20(15-13-19)30-31(27,28)21-10-6-3-7-11-21/h2-15,22H,16H2,1H3,(H,24,25). The highest BCUT2D eigenvalue weighted by molar-refractivity contribution is 7.87. The number of esters is 1. The molecule has 3 aromatic carbocycles. The van der Waals surface area contributed by atoms with Crippen molar-refractivity contribution in [1.29, 1.82) is 0 Å². The Morgan fingerprint density at radius 3 is 2.03 bits per heavy atom. The number of benzene rings is 3. The zero-order valence-electron chi connectivity index (χ0n) is 16.7. The summed E-state index contributed by atoms with van der Waals surface area (Å²) in [7, 11) is -3.98. The van der Waals surface area contributed by atoms with Crippen LogP contribution in [0, 0.1) is 0 Å². The molecule has 0 fully saturated rings. The first-order valence-electron chi connectivity index (χ1n) is 9.42. The van der Waals surface area contributed by atoms with Gasteiger partial charge in [-0.15, -0.1) is 0 Å². The minimum Gasteiger partial charge on any atom is -0.459 e. The van der Waals surface area contributed by atoms with Crippen molar-refractivity contribution in [2.45, 2.75) is 24.5 Å². The van der Waals surface area contributed by atoms with E-state index in [2.05, 4.69) is 5.32 Å². The van der Waals surface area contributed by atoms with Gasteiger partial charge in [0.1, 0.15) is 17.3 Å². The Balaban J connectivity index is 1.73. The Labute approximate surface area is 180 Å². The van der Waals surface area contributed by atoms with Crippen molar-refractivity contribution in [1.82, 2.24) is 5.32 Å². The van der Waals surface area contributed by atoms with Gasteiger partial charge in [-0.1, -0.05) is 60.7 Å². The number of rotatable bonds is 8. The molecule has 160 valence electrons. The molecule has 1 N–H and O–H groups in total. The van der Waals surface area contributed by atoms with Crippen molar-refractivity contribution in [3.8, 4) is 5.75 Å². The van der Waals surface area contributed by atoms with Crippen LogP contribution < -0.4 is 9.50 Å². The van der Waals surface area contributed by atoms with Gasteiger partial charge in [0.25, 0.3) is 0 Å². The molecule has 0 aromatic heterocycles. The predicted molar refractivity (Wildman–Crippen MR) is 113 cm³/mol. The van der Waals surface area contributed by atoms with Gasteiger partial charge in [0.15, 0.2) is 6.04 Å². The van der Waals surface area contributed by atoms with E-state index in [0.717, 1.165) is 5.56 Å². The molecule has 1 atom stereocenters. The lowest BCUT2D eigenvalue weighted by Crippen LogP contribution is -2.33. The summed E-state index contributed by atoms with van der Waals surface area (Å²) in [6.07, 6.45) is 0. The van der Waals surface area contributed by atoms with Gasteiger partial charge in [-0.2, -0.15) is 8.42 Å². The van der Waals surface area contributed by atoms with Crippen LogP contribution in [0.5, 0.6) is 5.75 Å². The van der Waals surface area contributed by atoms with Gasteiger partial charge in [-0.3, -0.25) is 4.79 Å². The van der Waals surface area contributed by atoms with E-state index in [1.54, 1.807) is 18.2 Å². The average Bonchev–Trinajstić information content (AvgIpc) is 2.77. The smallest absolute Gasteiger partial charge is 0.339 e. The highest BCUT2D eigenvalue weighted by atomic mass is 32.2. The molecule has 0 aliphatic carbocycles. The predicted octanol–water partition coefficient (Wildman–Crippen LogP) is 3.37. The Bertz CT molecular complexity index is 1130.